The maximum atomic E-state index is 11.9. The normalized spacial score (nSPS) is 17.5. The molecule has 3 rings (SSSR count). The Morgan fingerprint density at radius 3 is 2.19 bits per heavy atom. The third-order valence-electron chi connectivity index (χ3n) is 5.00. The van der Waals surface area contributed by atoms with Crippen LogP contribution in [-0.2, 0) is 11.3 Å². The van der Waals surface area contributed by atoms with E-state index >= 15 is 0 Å². The van der Waals surface area contributed by atoms with Crippen LogP contribution in [0.15, 0.2) is 24.3 Å². The Bertz CT molecular complexity index is 551. The number of hydrogen-bond acceptors (Lipinski definition) is 3. The van der Waals surface area contributed by atoms with Crippen molar-refractivity contribution < 1.29 is 9.53 Å². The van der Waals surface area contributed by atoms with Gasteiger partial charge in [0.15, 0.2) is 0 Å². The summed E-state index contributed by atoms with van der Waals surface area (Å²) in [6.07, 6.45) is 2.40. The molecular formula is C22H36N2O2. The quantitative estimate of drug-likeness (QED) is 0.767. The molecule has 4 nitrogen and oxygen atoms in total. The van der Waals surface area contributed by atoms with Crippen LogP contribution in [0.25, 0.3) is 0 Å². The Morgan fingerprint density at radius 2 is 1.58 bits per heavy atom. The summed E-state index contributed by atoms with van der Waals surface area (Å²) in [6.45, 7) is 16.0. The first-order valence-corrected chi connectivity index (χ1v) is 10.1. The van der Waals surface area contributed by atoms with Crippen LogP contribution in [-0.4, -0.2) is 55.1 Å². The molecule has 0 N–H and O–H groups in total. The van der Waals surface area contributed by atoms with Crippen molar-refractivity contribution in [2.45, 2.75) is 47.1 Å². The Kier molecular flexibility index (Phi) is 8.60. The summed E-state index contributed by atoms with van der Waals surface area (Å²) in [7, 11) is 0. The topological polar surface area (TPSA) is 32.8 Å². The van der Waals surface area contributed by atoms with E-state index in [0.717, 1.165) is 57.3 Å². The third kappa shape index (κ3) is 6.73. The van der Waals surface area contributed by atoms with Crippen molar-refractivity contribution >= 4 is 5.91 Å². The van der Waals surface area contributed by atoms with Gasteiger partial charge in [0, 0.05) is 31.7 Å². The second-order valence-corrected chi connectivity index (χ2v) is 8.20. The number of fused-ring (bicyclic) bond motifs is 1. The summed E-state index contributed by atoms with van der Waals surface area (Å²) in [5, 5.41) is 0. The van der Waals surface area contributed by atoms with Gasteiger partial charge in [-0.2, -0.15) is 0 Å². The molecule has 0 atom stereocenters. The molecule has 0 aliphatic carbocycles. The lowest BCUT2D eigenvalue weighted by Crippen LogP contribution is -2.37. The lowest BCUT2D eigenvalue weighted by atomic mass is 10.1. The summed E-state index contributed by atoms with van der Waals surface area (Å²) in [4.78, 5) is 16.4. The molecule has 2 heterocycles. The van der Waals surface area contributed by atoms with E-state index in [9.17, 15) is 4.79 Å². The summed E-state index contributed by atoms with van der Waals surface area (Å²) in [5.41, 5.74) is 2.06. The molecule has 0 aromatic heterocycles. The van der Waals surface area contributed by atoms with Crippen LogP contribution < -0.4 is 0 Å². The van der Waals surface area contributed by atoms with Crippen molar-refractivity contribution in [3.8, 4) is 0 Å². The van der Waals surface area contributed by atoms with E-state index in [1.807, 2.05) is 29.2 Å². The molecule has 0 saturated carbocycles. The fourth-order valence-electron chi connectivity index (χ4n) is 3.17. The number of amides is 1. The second kappa shape index (κ2) is 10.7. The largest absolute Gasteiger partial charge is 0.379 e. The van der Waals surface area contributed by atoms with E-state index in [-0.39, 0.29) is 5.91 Å². The fourth-order valence-corrected chi connectivity index (χ4v) is 3.17. The number of morpholine rings is 1. The lowest BCUT2D eigenvalue weighted by molar-refractivity contribution is 0.0360. The summed E-state index contributed by atoms with van der Waals surface area (Å²) in [6, 6.07) is 7.90. The van der Waals surface area contributed by atoms with Gasteiger partial charge in [0.25, 0.3) is 5.91 Å². The van der Waals surface area contributed by atoms with Crippen LogP contribution in [0.4, 0.5) is 0 Å². The Labute approximate surface area is 159 Å². The first-order valence-electron chi connectivity index (χ1n) is 10.1. The van der Waals surface area contributed by atoms with Gasteiger partial charge in [0.05, 0.1) is 13.2 Å². The number of carbonyl (C=O) groups excluding carboxylic acids is 1. The average Bonchev–Trinajstić information content (AvgIpc) is 2.96. The van der Waals surface area contributed by atoms with Crippen LogP contribution >= 0.6 is 0 Å². The van der Waals surface area contributed by atoms with E-state index in [1.54, 1.807) is 0 Å². The second-order valence-electron chi connectivity index (χ2n) is 8.20. The highest BCUT2D eigenvalue weighted by Gasteiger charge is 2.26. The van der Waals surface area contributed by atoms with Crippen molar-refractivity contribution in [1.29, 1.82) is 0 Å². The summed E-state index contributed by atoms with van der Waals surface area (Å²) in [5.74, 6) is 1.69. The highest BCUT2D eigenvalue weighted by molar-refractivity contribution is 5.98. The molecule has 0 spiro atoms. The molecular weight excluding hydrogens is 324 g/mol. The maximum Gasteiger partial charge on any atom is 0.254 e. The van der Waals surface area contributed by atoms with Gasteiger partial charge in [-0.25, -0.2) is 0 Å². The fraction of sp³-hybridized carbons (Fsp3) is 0.682. The molecule has 1 saturated heterocycles. The van der Waals surface area contributed by atoms with E-state index in [1.165, 1.54) is 18.5 Å². The average molecular weight is 361 g/mol. The molecule has 4 heteroatoms. The molecule has 2 aliphatic heterocycles. The van der Waals surface area contributed by atoms with Gasteiger partial charge in [-0.1, -0.05) is 45.9 Å². The highest BCUT2D eigenvalue weighted by atomic mass is 16.5. The number of rotatable bonds is 6. The standard InChI is InChI=1S/C13H17NO.C9H19NO/c1-10(2)7-8-14-9-11-5-3-4-6-12(11)13(14)15;1-9(2)3-4-10-5-7-11-8-6-10/h3-6,10H,7-9H2,1-2H3;9H,3-8H2,1-2H3. The van der Waals surface area contributed by atoms with Gasteiger partial charge in [0.2, 0.25) is 0 Å². The monoisotopic (exact) mass is 360 g/mol. The number of benzene rings is 1. The molecule has 146 valence electrons. The molecule has 1 fully saturated rings. The molecule has 0 bridgehead atoms. The van der Waals surface area contributed by atoms with Crippen molar-refractivity contribution in [1.82, 2.24) is 9.80 Å². The predicted octanol–water partition coefficient (Wildman–Crippen LogP) is 4.05. The van der Waals surface area contributed by atoms with Gasteiger partial charge < -0.3 is 9.64 Å². The first kappa shape index (κ1) is 20.9. The van der Waals surface area contributed by atoms with Gasteiger partial charge in [-0.05, 0) is 42.9 Å². The molecule has 2 aliphatic rings. The molecule has 1 aromatic carbocycles. The molecule has 0 radical (unpaired) electrons. The van der Waals surface area contributed by atoms with Gasteiger partial charge in [-0.15, -0.1) is 0 Å². The van der Waals surface area contributed by atoms with Crippen molar-refractivity contribution in [3.63, 3.8) is 0 Å². The number of hydrogen-bond donors (Lipinski definition) is 0. The zero-order valence-corrected chi connectivity index (χ0v) is 17.0. The summed E-state index contributed by atoms with van der Waals surface area (Å²) >= 11 is 0. The lowest BCUT2D eigenvalue weighted by Gasteiger charge is -2.26. The van der Waals surface area contributed by atoms with Crippen LogP contribution in [0.5, 0.6) is 0 Å². The minimum absolute atomic E-state index is 0.200. The molecule has 0 unspecified atom stereocenters. The summed E-state index contributed by atoms with van der Waals surface area (Å²) < 4.78 is 5.26. The zero-order valence-electron chi connectivity index (χ0n) is 17.0. The predicted molar refractivity (Wildman–Crippen MR) is 107 cm³/mol. The maximum absolute atomic E-state index is 11.9. The van der Waals surface area contributed by atoms with Gasteiger partial charge in [-0.3, -0.25) is 9.69 Å². The van der Waals surface area contributed by atoms with E-state index in [0.29, 0.717) is 5.92 Å². The van der Waals surface area contributed by atoms with E-state index in [4.69, 9.17) is 4.74 Å². The SMILES string of the molecule is CC(C)CCN1CCOCC1.CC(C)CCN1Cc2ccccc2C1=O. The first-order chi connectivity index (χ1) is 12.5. The molecule has 1 amide bonds. The smallest absolute Gasteiger partial charge is 0.254 e. The molecule has 1 aromatic rings. The van der Waals surface area contributed by atoms with Gasteiger partial charge >= 0.3 is 0 Å². The van der Waals surface area contributed by atoms with Crippen LogP contribution in [0, 0.1) is 11.8 Å². The minimum atomic E-state index is 0.200. The van der Waals surface area contributed by atoms with Crippen LogP contribution in [0.1, 0.15) is 56.5 Å². The van der Waals surface area contributed by atoms with Crippen LogP contribution in [0.2, 0.25) is 0 Å². The number of ether oxygens (including phenoxy) is 1. The zero-order chi connectivity index (χ0) is 18.9. The van der Waals surface area contributed by atoms with Crippen molar-refractivity contribution in [3.05, 3.63) is 35.4 Å². The third-order valence-corrected chi connectivity index (χ3v) is 5.00. The Morgan fingerprint density at radius 1 is 0.962 bits per heavy atom. The molecule has 26 heavy (non-hydrogen) atoms. The minimum Gasteiger partial charge on any atom is -0.379 e. The highest BCUT2D eigenvalue weighted by Crippen LogP contribution is 2.22. The Balaban J connectivity index is 0.000000197. The van der Waals surface area contributed by atoms with Crippen molar-refractivity contribution in [2.75, 3.05) is 39.4 Å². The van der Waals surface area contributed by atoms with E-state index < -0.39 is 0 Å². The van der Waals surface area contributed by atoms with E-state index in [2.05, 4.69) is 32.6 Å². The van der Waals surface area contributed by atoms with Crippen LogP contribution in [0.3, 0.4) is 0 Å². The Hall–Kier alpha value is -1.39. The number of nitrogens with zero attached hydrogens (tertiary/aromatic N) is 2. The van der Waals surface area contributed by atoms with Gasteiger partial charge in [0.1, 0.15) is 0 Å². The van der Waals surface area contributed by atoms with Crippen molar-refractivity contribution in [2.24, 2.45) is 11.8 Å². The number of carbonyl (C=O) groups is 1.